The van der Waals surface area contributed by atoms with Crippen molar-refractivity contribution in [2.24, 2.45) is 17.3 Å². The van der Waals surface area contributed by atoms with E-state index in [1.54, 1.807) is 7.11 Å². The highest BCUT2D eigenvalue weighted by atomic mass is 16.5. The fourth-order valence-electron chi connectivity index (χ4n) is 4.68. The van der Waals surface area contributed by atoms with Crippen LogP contribution in [-0.2, 0) is 22.4 Å². The summed E-state index contributed by atoms with van der Waals surface area (Å²) in [5.74, 6) is 1.91. The molecular formula is C19H26O3. The highest BCUT2D eigenvalue weighted by molar-refractivity contribution is 5.77. The number of benzene rings is 1. The lowest BCUT2D eigenvalue weighted by atomic mass is 9.60. The van der Waals surface area contributed by atoms with E-state index in [1.807, 2.05) is 6.07 Å². The summed E-state index contributed by atoms with van der Waals surface area (Å²) in [6, 6.07) is 6.43. The molecule has 0 aromatic heterocycles. The maximum atomic E-state index is 12.4. The van der Waals surface area contributed by atoms with Crippen LogP contribution in [0, 0.1) is 17.3 Å². The van der Waals surface area contributed by atoms with Crippen molar-refractivity contribution in [2.75, 3.05) is 14.2 Å². The number of aryl methyl sites for hydroxylation is 1. The molecule has 3 rings (SSSR count). The first-order chi connectivity index (χ1) is 10.6. The molecule has 2 aliphatic carbocycles. The summed E-state index contributed by atoms with van der Waals surface area (Å²) in [7, 11) is 3.24. The lowest BCUT2D eigenvalue weighted by Crippen LogP contribution is -2.44. The Kier molecular flexibility index (Phi) is 4.16. The van der Waals surface area contributed by atoms with Crippen molar-refractivity contribution in [1.29, 1.82) is 0 Å². The molecule has 120 valence electrons. The van der Waals surface area contributed by atoms with E-state index in [0.717, 1.165) is 37.9 Å². The summed E-state index contributed by atoms with van der Waals surface area (Å²) >= 11 is 0. The van der Waals surface area contributed by atoms with E-state index in [-0.39, 0.29) is 11.4 Å². The van der Waals surface area contributed by atoms with Crippen LogP contribution < -0.4 is 4.74 Å². The van der Waals surface area contributed by atoms with Crippen molar-refractivity contribution >= 4 is 5.97 Å². The predicted molar refractivity (Wildman–Crippen MR) is 86.0 cm³/mol. The van der Waals surface area contributed by atoms with Gasteiger partial charge in [-0.1, -0.05) is 12.5 Å². The maximum Gasteiger partial charge on any atom is 0.311 e. The minimum atomic E-state index is -0.316. The van der Waals surface area contributed by atoms with Gasteiger partial charge in [0.2, 0.25) is 0 Å². The standard InChI is InChI=1S/C19H26O3/c1-19(18(20)22-3)10-4-5-14-11-15-12-16(21-2)8-6-13(15)7-9-17(14)19/h6,8,12,14,17H,4-5,7,9-11H2,1-3H3/t14-,17-,19-/m0/s1. The Bertz CT molecular complexity index is 566. The van der Waals surface area contributed by atoms with Gasteiger partial charge in [-0.25, -0.2) is 0 Å². The van der Waals surface area contributed by atoms with Crippen molar-refractivity contribution in [3.8, 4) is 5.75 Å². The van der Waals surface area contributed by atoms with Crippen LogP contribution in [-0.4, -0.2) is 20.2 Å². The third kappa shape index (κ3) is 2.51. The van der Waals surface area contributed by atoms with Gasteiger partial charge >= 0.3 is 5.97 Å². The Labute approximate surface area is 133 Å². The number of esters is 1. The van der Waals surface area contributed by atoms with Crippen molar-refractivity contribution in [2.45, 2.75) is 45.4 Å². The zero-order valence-electron chi connectivity index (χ0n) is 13.9. The van der Waals surface area contributed by atoms with Crippen molar-refractivity contribution in [1.82, 2.24) is 0 Å². The molecule has 0 heterocycles. The molecule has 2 aliphatic rings. The number of carbonyl (C=O) groups excluding carboxylic acids is 1. The summed E-state index contributed by atoms with van der Waals surface area (Å²) in [5.41, 5.74) is 2.51. The zero-order valence-corrected chi connectivity index (χ0v) is 13.9. The Balaban J connectivity index is 1.91. The molecule has 0 aliphatic heterocycles. The third-order valence-electron chi connectivity index (χ3n) is 5.93. The molecule has 0 radical (unpaired) electrons. The fourth-order valence-corrected chi connectivity index (χ4v) is 4.68. The second-order valence-electron chi connectivity index (χ2n) is 7.05. The normalized spacial score (nSPS) is 30.7. The number of carbonyl (C=O) groups is 1. The Morgan fingerprint density at radius 1 is 1.23 bits per heavy atom. The zero-order chi connectivity index (χ0) is 15.7. The van der Waals surface area contributed by atoms with Crippen molar-refractivity contribution < 1.29 is 14.3 Å². The van der Waals surface area contributed by atoms with Crippen LogP contribution in [0.1, 0.15) is 43.7 Å². The molecule has 0 spiro atoms. The Morgan fingerprint density at radius 2 is 2.05 bits per heavy atom. The number of rotatable bonds is 2. The number of methoxy groups -OCH3 is 2. The number of hydrogen-bond acceptors (Lipinski definition) is 3. The Hall–Kier alpha value is -1.51. The highest BCUT2D eigenvalue weighted by Gasteiger charge is 2.48. The average Bonchev–Trinajstić information content (AvgIpc) is 2.73. The van der Waals surface area contributed by atoms with E-state index in [1.165, 1.54) is 24.7 Å². The van der Waals surface area contributed by atoms with Crippen LogP contribution in [0.4, 0.5) is 0 Å². The summed E-state index contributed by atoms with van der Waals surface area (Å²) in [6.45, 7) is 2.12. The maximum absolute atomic E-state index is 12.4. The minimum absolute atomic E-state index is 0.0225. The molecule has 1 aromatic carbocycles. The van der Waals surface area contributed by atoms with Crippen molar-refractivity contribution in [3.63, 3.8) is 0 Å². The number of hydrogen-bond donors (Lipinski definition) is 0. The highest BCUT2D eigenvalue weighted by Crippen LogP contribution is 2.50. The molecule has 22 heavy (non-hydrogen) atoms. The van der Waals surface area contributed by atoms with E-state index in [4.69, 9.17) is 9.47 Å². The molecule has 0 saturated heterocycles. The largest absolute Gasteiger partial charge is 0.497 e. The third-order valence-corrected chi connectivity index (χ3v) is 5.93. The first-order valence-corrected chi connectivity index (χ1v) is 8.32. The van der Waals surface area contributed by atoms with Crippen LogP contribution in [0.3, 0.4) is 0 Å². The molecular weight excluding hydrogens is 276 g/mol. The van der Waals surface area contributed by atoms with Gasteiger partial charge in [-0.2, -0.15) is 0 Å². The first kappa shape index (κ1) is 15.4. The van der Waals surface area contributed by atoms with Gasteiger partial charge in [0.1, 0.15) is 5.75 Å². The molecule has 1 fully saturated rings. The van der Waals surface area contributed by atoms with Crippen LogP contribution in [0.15, 0.2) is 18.2 Å². The van der Waals surface area contributed by atoms with E-state index >= 15 is 0 Å². The average molecular weight is 302 g/mol. The van der Waals surface area contributed by atoms with E-state index in [2.05, 4.69) is 19.1 Å². The Morgan fingerprint density at radius 3 is 2.77 bits per heavy atom. The van der Waals surface area contributed by atoms with Gasteiger partial charge in [0.15, 0.2) is 0 Å². The van der Waals surface area contributed by atoms with Crippen LogP contribution >= 0.6 is 0 Å². The molecule has 1 saturated carbocycles. The molecule has 0 amide bonds. The van der Waals surface area contributed by atoms with Gasteiger partial charge in [0.05, 0.1) is 19.6 Å². The van der Waals surface area contributed by atoms with Gasteiger partial charge in [0, 0.05) is 0 Å². The van der Waals surface area contributed by atoms with E-state index in [9.17, 15) is 4.79 Å². The summed E-state index contributed by atoms with van der Waals surface area (Å²) in [5, 5.41) is 0. The fraction of sp³-hybridized carbons (Fsp3) is 0.632. The monoisotopic (exact) mass is 302 g/mol. The second-order valence-corrected chi connectivity index (χ2v) is 7.05. The molecule has 3 heteroatoms. The van der Waals surface area contributed by atoms with Gasteiger partial charge < -0.3 is 9.47 Å². The number of fused-ring (bicyclic) bond motifs is 2. The first-order valence-electron chi connectivity index (χ1n) is 8.32. The summed E-state index contributed by atoms with van der Waals surface area (Å²) in [6.07, 6.45) is 6.48. The molecule has 0 unspecified atom stereocenters. The molecule has 3 nitrogen and oxygen atoms in total. The molecule has 1 aromatic rings. The smallest absolute Gasteiger partial charge is 0.311 e. The lowest BCUT2D eigenvalue weighted by molar-refractivity contribution is -0.160. The van der Waals surface area contributed by atoms with Crippen molar-refractivity contribution in [3.05, 3.63) is 29.3 Å². The van der Waals surface area contributed by atoms with E-state index in [0.29, 0.717) is 11.8 Å². The molecule has 0 N–H and O–H groups in total. The van der Waals surface area contributed by atoms with Gasteiger partial charge in [-0.3, -0.25) is 4.79 Å². The summed E-state index contributed by atoms with van der Waals surface area (Å²) in [4.78, 5) is 12.4. The van der Waals surface area contributed by atoms with Crippen LogP contribution in [0.2, 0.25) is 0 Å². The van der Waals surface area contributed by atoms with Gasteiger partial charge in [-0.15, -0.1) is 0 Å². The second kappa shape index (κ2) is 5.94. The molecule has 3 atom stereocenters. The van der Waals surface area contributed by atoms with Crippen LogP contribution in [0.25, 0.3) is 0 Å². The van der Waals surface area contributed by atoms with Gasteiger partial charge in [-0.05, 0) is 74.1 Å². The molecule has 0 bridgehead atoms. The summed E-state index contributed by atoms with van der Waals surface area (Å²) < 4.78 is 10.5. The minimum Gasteiger partial charge on any atom is -0.497 e. The lowest BCUT2D eigenvalue weighted by Gasteiger charge is -2.43. The number of ether oxygens (including phenoxy) is 2. The van der Waals surface area contributed by atoms with E-state index < -0.39 is 0 Å². The quantitative estimate of drug-likeness (QED) is 0.780. The predicted octanol–water partition coefficient (Wildman–Crippen LogP) is 3.78. The SMILES string of the molecule is COC(=O)[C@@]1(C)CCC[C@H]2Cc3cc(OC)ccc3CC[C@@H]21. The topological polar surface area (TPSA) is 35.5 Å². The van der Waals surface area contributed by atoms with Gasteiger partial charge in [0.25, 0.3) is 0 Å². The van der Waals surface area contributed by atoms with Crippen LogP contribution in [0.5, 0.6) is 5.75 Å².